The van der Waals surface area contributed by atoms with Crippen LogP contribution in [0.3, 0.4) is 0 Å². The summed E-state index contributed by atoms with van der Waals surface area (Å²) in [5.41, 5.74) is -0.446. The SMILES string of the molecule is CC(C)(OC(=O)CSCC(O)CO)C1CC=CCC1. The molecule has 0 saturated carbocycles. The van der Waals surface area contributed by atoms with Gasteiger partial charge in [0, 0.05) is 11.7 Å². The number of aliphatic hydroxyl groups is 2. The van der Waals surface area contributed by atoms with Crippen LogP contribution < -0.4 is 0 Å². The summed E-state index contributed by atoms with van der Waals surface area (Å²) >= 11 is 1.28. The van der Waals surface area contributed by atoms with Crippen LogP contribution in [0.15, 0.2) is 12.2 Å². The third-order valence-electron chi connectivity index (χ3n) is 3.37. The summed E-state index contributed by atoms with van der Waals surface area (Å²) in [4.78, 5) is 11.8. The Morgan fingerprint density at radius 3 is 2.84 bits per heavy atom. The second-order valence-electron chi connectivity index (χ2n) is 5.41. The fourth-order valence-corrected chi connectivity index (χ4v) is 2.88. The lowest BCUT2D eigenvalue weighted by Crippen LogP contribution is -2.37. The normalized spacial score (nSPS) is 21.2. The highest BCUT2D eigenvalue weighted by Gasteiger charge is 2.32. The summed E-state index contributed by atoms with van der Waals surface area (Å²) in [5, 5.41) is 17.8. The van der Waals surface area contributed by atoms with Crippen LogP contribution in [0.5, 0.6) is 0 Å². The lowest BCUT2D eigenvalue weighted by Gasteiger charge is -2.34. The first-order valence-corrected chi connectivity index (χ1v) is 7.84. The first-order chi connectivity index (χ1) is 8.95. The minimum Gasteiger partial charge on any atom is -0.459 e. The van der Waals surface area contributed by atoms with Gasteiger partial charge in [-0.3, -0.25) is 4.79 Å². The minimum absolute atomic E-state index is 0.211. The molecule has 0 saturated heterocycles. The van der Waals surface area contributed by atoms with E-state index in [1.54, 1.807) is 0 Å². The molecule has 2 atom stereocenters. The number of allylic oxidation sites excluding steroid dienone is 2. The molecule has 0 aromatic rings. The van der Waals surface area contributed by atoms with Crippen LogP contribution in [0, 0.1) is 5.92 Å². The molecular weight excluding hydrogens is 264 g/mol. The Balaban J connectivity index is 2.31. The first-order valence-electron chi connectivity index (χ1n) is 6.69. The van der Waals surface area contributed by atoms with Gasteiger partial charge in [0.2, 0.25) is 0 Å². The van der Waals surface area contributed by atoms with Gasteiger partial charge in [-0.25, -0.2) is 0 Å². The highest BCUT2D eigenvalue weighted by molar-refractivity contribution is 7.99. The van der Waals surface area contributed by atoms with E-state index in [0.29, 0.717) is 11.7 Å². The smallest absolute Gasteiger partial charge is 0.316 e. The van der Waals surface area contributed by atoms with E-state index in [1.165, 1.54) is 11.8 Å². The maximum absolute atomic E-state index is 11.8. The lowest BCUT2D eigenvalue weighted by molar-refractivity contribution is -0.158. The van der Waals surface area contributed by atoms with Crippen LogP contribution in [-0.4, -0.2) is 46.0 Å². The summed E-state index contributed by atoms with van der Waals surface area (Å²) in [6, 6.07) is 0. The van der Waals surface area contributed by atoms with Gasteiger partial charge in [-0.05, 0) is 33.1 Å². The molecule has 0 radical (unpaired) electrons. The number of hydrogen-bond donors (Lipinski definition) is 2. The Labute approximate surface area is 119 Å². The second-order valence-corrected chi connectivity index (χ2v) is 6.44. The average Bonchev–Trinajstić information content (AvgIpc) is 2.39. The molecule has 0 heterocycles. The Bertz CT molecular complexity index is 315. The van der Waals surface area contributed by atoms with Gasteiger partial charge in [0.25, 0.3) is 0 Å². The van der Waals surface area contributed by atoms with Crippen molar-refractivity contribution in [2.75, 3.05) is 18.1 Å². The number of carbonyl (C=O) groups excluding carboxylic acids is 1. The maximum Gasteiger partial charge on any atom is 0.316 e. The zero-order valence-electron chi connectivity index (χ0n) is 11.7. The quantitative estimate of drug-likeness (QED) is 0.552. The first kappa shape index (κ1) is 16.5. The van der Waals surface area contributed by atoms with Gasteiger partial charge in [0.15, 0.2) is 0 Å². The zero-order valence-corrected chi connectivity index (χ0v) is 12.5. The van der Waals surface area contributed by atoms with Crippen LogP contribution in [-0.2, 0) is 9.53 Å². The molecule has 0 aliphatic heterocycles. The molecular formula is C14H24O4S. The zero-order chi connectivity index (χ0) is 14.3. The summed E-state index contributed by atoms with van der Waals surface area (Å²) in [5.74, 6) is 0.672. The monoisotopic (exact) mass is 288 g/mol. The van der Waals surface area contributed by atoms with E-state index in [-0.39, 0.29) is 18.3 Å². The van der Waals surface area contributed by atoms with Crippen molar-refractivity contribution < 1.29 is 19.7 Å². The number of ether oxygens (including phenoxy) is 1. The summed E-state index contributed by atoms with van der Waals surface area (Å²) in [6.45, 7) is 3.64. The van der Waals surface area contributed by atoms with Crippen molar-refractivity contribution in [2.24, 2.45) is 5.92 Å². The van der Waals surface area contributed by atoms with E-state index in [1.807, 2.05) is 13.8 Å². The van der Waals surface area contributed by atoms with E-state index in [2.05, 4.69) is 12.2 Å². The predicted molar refractivity (Wildman–Crippen MR) is 77.1 cm³/mol. The fraction of sp³-hybridized carbons (Fsp3) is 0.786. The number of esters is 1. The molecule has 0 aromatic carbocycles. The molecule has 2 unspecified atom stereocenters. The number of thioether (sulfide) groups is 1. The highest BCUT2D eigenvalue weighted by Crippen LogP contribution is 2.32. The third-order valence-corrected chi connectivity index (χ3v) is 4.43. The molecule has 2 N–H and O–H groups in total. The molecule has 1 aliphatic rings. The van der Waals surface area contributed by atoms with Crippen molar-refractivity contribution in [3.8, 4) is 0 Å². The van der Waals surface area contributed by atoms with Gasteiger partial charge in [-0.2, -0.15) is 0 Å². The third kappa shape index (κ3) is 5.97. The molecule has 19 heavy (non-hydrogen) atoms. The molecule has 0 bridgehead atoms. The van der Waals surface area contributed by atoms with E-state index < -0.39 is 11.7 Å². The van der Waals surface area contributed by atoms with E-state index in [0.717, 1.165) is 19.3 Å². The topological polar surface area (TPSA) is 66.8 Å². The van der Waals surface area contributed by atoms with E-state index in [4.69, 9.17) is 9.84 Å². The van der Waals surface area contributed by atoms with Gasteiger partial charge in [-0.15, -0.1) is 11.8 Å². The maximum atomic E-state index is 11.8. The molecule has 0 aromatic heterocycles. The van der Waals surface area contributed by atoms with Crippen LogP contribution in [0.2, 0.25) is 0 Å². The number of hydrogen-bond acceptors (Lipinski definition) is 5. The van der Waals surface area contributed by atoms with Gasteiger partial charge in [-0.1, -0.05) is 12.2 Å². The van der Waals surface area contributed by atoms with Gasteiger partial charge >= 0.3 is 5.97 Å². The summed E-state index contributed by atoms with van der Waals surface area (Å²) < 4.78 is 5.55. The standard InChI is InChI=1S/C14H24O4S/c1-14(2,11-6-4-3-5-7-11)18-13(17)10-19-9-12(16)8-15/h3-4,11-12,15-16H,5-10H2,1-2H3. The van der Waals surface area contributed by atoms with Crippen molar-refractivity contribution in [1.82, 2.24) is 0 Å². The summed E-state index contributed by atoms with van der Waals surface area (Å²) in [6.07, 6.45) is 6.60. The average molecular weight is 288 g/mol. The number of aliphatic hydroxyl groups excluding tert-OH is 2. The van der Waals surface area contributed by atoms with E-state index >= 15 is 0 Å². The molecule has 0 amide bonds. The Kier molecular flexibility index (Phi) is 6.89. The van der Waals surface area contributed by atoms with Crippen molar-refractivity contribution in [3.05, 3.63) is 12.2 Å². The summed E-state index contributed by atoms with van der Waals surface area (Å²) in [7, 11) is 0. The van der Waals surface area contributed by atoms with Crippen LogP contribution in [0.1, 0.15) is 33.1 Å². The van der Waals surface area contributed by atoms with Crippen molar-refractivity contribution >= 4 is 17.7 Å². The fourth-order valence-electron chi connectivity index (χ4n) is 2.16. The molecule has 5 heteroatoms. The predicted octanol–water partition coefficient (Wildman–Crippen LogP) is 1.75. The molecule has 0 fully saturated rings. The largest absolute Gasteiger partial charge is 0.459 e. The number of rotatable bonds is 7. The molecule has 1 aliphatic carbocycles. The van der Waals surface area contributed by atoms with Crippen molar-refractivity contribution in [2.45, 2.75) is 44.8 Å². The van der Waals surface area contributed by atoms with Gasteiger partial charge in [0.05, 0.1) is 18.5 Å². The molecule has 4 nitrogen and oxygen atoms in total. The van der Waals surface area contributed by atoms with Crippen molar-refractivity contribution in [1.29, 1.82) is 0 Å². The Hall–Kier alpha value is -0.520. The van der Waals surface area contributed by atoms with Gasteiger partial charge < -0.3 is 14.9 Å². The van der Waals surface area contributed by atoms with Crippen LogP contribution in [0.25, 0.3) is 0 Å². The molecule has 1 rings (SSSR count). The Morgan fingerprint density at radius 2 is 2.26 bits per heavy atom. The van der Waals surface area contributed by atoms with Crippen LogP contribution in [0.4, 0.5) is 0 Å². The molecule has 0 spiro atoms. The number of carbonyl (C=O) groups is 1. The minimum atomic E-state index is -0.769. The van der Waals surface area contributed by atoms with Crippen molar-refractivity contribution in [3.63, 3.8) is 0 Å². The molecule has 110 valence electrons. The van der Waals surface area contributed by atoms with Gasteiger partial charge in [0.1, 0.15) is 5.60 Å². The lowest BCUT2D eigenvalue weighted by atomic mass is 9.81. The van der Waals surface area contributed by atoms with Crippen LogP contribution >= 0.6 is 11.8 Å². The highest BCUT2D eigenvalue weighted by atomic mass is 32.2. The van der Waals surface area contributed by atoms with E-state index in [9.17, 15) is 9.90 Å². The second kappa shape index (κ2) is 7.92. The Morgan fingerprint density at radius 1 is 1.53 bits per heavy atom.